The number of carbonyl (C=O) groups excluding carboxylic acids is 1. The maximum Gasteiger partial charge on any atom is 0.208 e. The normalized spacial score (nSPS) is 18.7. The van der Waals surface area contributed by atoms with Crippen molar-refractivity contribution in [2.75, 3.05) is 26.3 Å². The van der Waals surface area contributed by atoms with Crippen LogP contribution in [0.25, 0.3) is 0 Å². The summed E-state index contributed by atoms with van der Waals surface area (Å²) in [6, 6.07) is 0. The monoisotopic (exact) mass is 257 g/mol. The summed E-state index contributed by atoms with van der Waals surface area (Å²) in [5, 5.41) is 3.25. The highest BCUT2D eigenvalue weighted by atomic mass is 35.5. The molecule has 5 nitrogen and oxygen atoms in total. The fourth-order valence-electron chi connectivity index (χ4n) is 1.69. The number of ketones is 1. The van der Waals surface area contributed by atoms with E-state index in [0.29, 0.717) is 18.2 Å². The lowest BCUT2D eigenvalue weighted by molar-refractivity contribution is 0.0687. The highest BCUT2D eigenvalue weighted by Crippen LogP contribution is 2.07. The molecule has 0 bridgehead atoms. The van der Waals surface area contributed by atoms with E-state index in [4.69, 9.17) is 4.74 Å². The van der Waals surface area contributed by atoms with Gasteiger partial charge in [-0.25, -0.2) is 4.98 Å². The van der Waals surface area contributed by atoms with Gasteiger partial charge in [-0.2, -0.15) is 0 Å². The van der Waals surface area contributed by atoms with Crippen LogP contribution in [0.4, 0.5) is 0 Å². The van der Waals surface area contributed by atoms with Gasteiger partial charge in [-0.15, -0.1) is 12.4 Å². The van der Waals surface area contributed by atoms with Crippen LogP contribution in [0.3, 0.4) is 0 Å². The van der Waals surface area contributed by atoms with Crippen LogP contribution in [-0.4, -0.2) is 42.1 Å². The quantitative estimate of drug-likeness (QED) is 0.787. The number of nitrogens with one attached hydrogen (secondary N) is 1. The number of halogens is 1. The molecular formula is C11H16ClN3O2. The summed E-state index contributed by atoms with van der Waals surface area (Å²) in [4.78, 5) is 19.3. The van der Waals surface area contributed by atoms with Gasteiger partial charge in [-0.3, -0.25) is 9.78 Å². The molecule has 1 unspecified atom stereocenters. The van der Waals surface area contributed by atoms with E-state index in [1.165, 1.54) is 12.4 Å². The minimum atomic E-state index is -0.112. The van der Waals surface area contributed by atoms with Gasteiger partial charge in [0.2, 0.25) is 5.78 Å². The van der Waals surface area contributed by atoms with E-state index < -0.39 is 0 Å². The number of hydrogen-bond donors (Lipinski definition) is 1. The molecule has 1 saturated heterocycles. The summed E-state index contributed by atoms with van der Waals surface area (Å²) in [6.45, 7) is 2.76. The number of hydrogen-bond acceptors (Lipinski definition) is 5. The SMILES string of the molecule is Cl.O=C(COCC1CCNC1)c1cnccn1. The lowest BCUT2D eigenvalue weighted by Gasteiger charge is -2.08. The van der Waals surface area contributed by atoms with Crippen molar-refractivity contribution < 1.29 is 9.53 Å². The van der Waals surface area contributed by atoms with Gasteiger partial charge in [0.1, 0.15) is 12.3 Å². The second-order valence-corrected chi connectivity index (χ2v) is 3.89. The smallest absolute Gasteiger partial charge is 0.208 e. The Morgan fingerprint density at radius 1 is 1.53 bits per heavy atom. The molecule has 1 atom stereocenters. The van der Waals surface area contributed by atoms with E-state index in [9.17, 15) is 4.79 Å². The van der Waals surface area contributed by atoms with Gasteiger partial charge in [0.25, 0.3) is 0 Å². The van der Waals surface area contributed by atoms with Crippen LogP contribution in [0, 0.1) is 5.92 Å². The Hall–Kier alpha value is -1.04. The van der Waals surface area contributed by atoms with E-state index in [1.54, 1.807) is 6.20 Å². The molecule has 0 saturated carbocycles. The van der Waals surface area contributed by atoms with Crippen molar-refractivity contribution in [2.45, 2.75) is 6.42 Å². The zero-order valence-electron chi connectivity index (χ0n) is 9.46. The molecular weight excluding hydrogens is 242 g/mol. The van der Waals surface area contributed by atoms with Crippen LogP contribution in [0.2, 0.25) is 0 Å². The molecule has 1 N–H and O–H groups in total. The Morgan fingerprint density at radius 3 is 3.06 bits per heavy atom. The largest absolute Gasteiger partial charge is 0.373 e. The topological polar surface area (TPSA) is 64.1 Å². The summed E-state index contributed by atoms with van der Waals surface area (Å²) < 4.78 is 5.38. The third-order valence-corrected chi connectivity index (χ3v) is 2.60. The lowest BCUT2D eigenvalue weighted by atomic mass is 10.1. The number of ether oxygens (including phenoxy) is 1. The van der Waals surface area contributed by atoms with Gasteiger partial charge < -0.3 is 10.1 Å². The molecule has 6 heteroatoms. The highest BCUT2D eigenvalue weighted by Gasteiger charge is 2.15. The van der Waals surface area contributed by atoms with Crippen molar-refractivity contribution in [3.05, 3.63) is 24.3 Å². The van der Waals surface area contributed by atoms with Crippen molar-refractivity contribution in [2.24, 2.45) is 5.92 Å². The molecule has 0 aromatic carbocycles. The molecule has 0 radical (unpaired) electrons. The average Bonchev–Trinajstić information content (AvgIpc) is 2.83. The fraction of sp³-hybridized carbons (Fsp3) is 0.545. The predicted octanol–water partition coefficient (Wildman–Crippen LogP) is 0.707. The molecule has 17 heavy (non-hydrogen) atoms. The van der Waals surface area contributed by atoms with Crippen LogP contribution in [0.5, 0.6) is 0 Å². The fourth-order valence-corrected chi connectivity index (χ4v) is 1.69. The van der Waals surface area contributed by atoms with E-state index >= 15 is 0 Å². The second-order valence-electron chi connectivity index (χ2n) is 3.89. The lowest BCUT2D eigenvalue weighted by Crippen LogP contribution is -2.17. The maximum atomic E-state index is 11.6. The molecule has 1 aromatic heterocycles. The Morgan fingerprint density at radius 2 is 2.41 bits per heavy atom. The molecule has 94 valence electrons. The average molecular weight is 258 g/mol. The number of rotatable bonds is 5. The van der Waals surface area contributed by atoms with E-state index in [-0.39, 0.29) is 24.8 Å². The molecule has 2 heterocycles. The van der Waals surface area contributed by atoms with Crippen LogP contribution >= 0.6 is 12.4 Å². The van der Waals surface area contributed by atoms with Gasteiger partial charge in [0.15, 0.2) is 0 Å². The van der Waals surface area contributed by atoms with Gasteiger partial charge in [0, 0.05) is 18.9 Å². The first-order valence-corrected chi connectivity index (χ1v) is 5.44. The first kappa shape index (κ1) is 14.0. The highest BCUT2D eigenvalue weighted by molar-refractivity contribution is 5.94. The minimum Gasteiger partial charge on any atom is -0.373 e. The summed E-state index contributed by atoms with van der Waals surface area (Å²) in [7, 11) is 0. The predicted molar refractivity (Wildman–Crippen MR) is 65.4 cm³/mol. The number of carbonyl (C=O) groups is 1. The standard InChI is InChI=1S/C11H15N3O2.ClH/c15-11(10-6-13-3-4-14-10)8-16-7-9-1-2-12-5-9;/h3-4,6,9,12H,1-2,5,7-8H2;1H. The third kappa shape index (κ3) is 4.38. The van der Waals surface area contributed by atoms with Gasteiger partial charge in [-0.1, -0.05) is 0 Å². The number of aromatic nitrogens is 2. The second kappa shape index (κ2) is 7.32. The van der Waals surface area contributed by atoms with Gasteiger partial charge in [-0.05, 0) is 18.9 Å². The van der Waals surface area contributed by atoms with Crippen molar-refractivity contribution >= 4 is 18.2 Å². The Balaban J connectivity index is 0.00000144. The van der Waals surface area contributed by atoms with Crippen molar-refractivity contribution in [3.8, 4) is 0 Å². The molecule has 0 aliphatic carbocycles. The van der Waals surface area contributed by atoms with Gasteiger partial charge >= 0.3 is 0 Å². The third-order valence-electron chi connectivity index (χ3n) is 2.60. The molecule has 1 aliphatic rings. The van der Waals surface area contributed by atoms with Crippen molar-refractivity contribution in [3.63, 3.8) is 0 Å². The zero-order chi connectivity index (χ0) is 11.2. The summed E-state index contributed by atoms with van der Waals surface area (Å²) in [6.07, 6.45) is 5.64. The molecule has 1 fully saturated rings. The van der Waals surface area contributed by atoms with E-state index in [1.807, 2.05) is 0 Å². The van der Waals surface area contributed by atoms with Gasteiger partial charge in [0.05, 0.1) is 12.8 Å². The molecule has 1 aliphatic heterocycles. The molecule has 0 amide bonds. The Bertz CT molecular complexity index is 342. The molecule has 1 aromatic rings. The first-order valence-electron chi connectivity index (χ1n) is 5.44. The Kier molecular flexibility index (Phi) is 6.04. The molecule has 2 rings (SSSR count). The molecule has 0 spiro atoms. The van der Waals surface area contributed by atoms with Crippen molar-refractivity contribution in [1.29, 1.82) is 0 Å². The summed E-state index contributed by atoms with van der Waals surface area (Å²) >= 11 is 0. The number of nitrogens with zero attached hydrogens (tertiary/aromatic N) is 2. The zero-order valence-corrected chi connectivity index (χ0v) is 10.3. The van der Waals surface area contributed by atoms with Crippen LogP contribution in [0.15, 0.2) is 18.6 Å². The minimum absolute atomic E-state index is 0. The van der Waals surface area contributed by atoms with Crippen LogP contribution < -0.4 is 5.32 Å². The van der Waals surface area contributed by atoms with Crippen molar-refractivity contribution in [1.82, 2.24) is 15.3 Å². The maximum absolute atomic E-state index is 11.6. The van der Waals surface area contributed by atoms with E-state index in [2.05, 4.69) is 15.3 Å². The number of Topliss-reactive ketones (excluding diaryl/α,β-unsaturated/α-hetero) is 1. The summed E-state index contributed by atoms with van der Waals surface area (Å²) in [5.41, 5.74) is 0.368. The van der Waals surface area contributed by atoms with Crippen LogP contribution in [-0.2, 0) is 4.74 Å². The summed E-state index contributed by atoms with van der Waals surface area (Å²) in [5.74, 6) is 0.425. The van der Waals surface area contributed by atoms with Crippen LogP contribution in [0.1, 0.15) is 16.9 Å². The van der Waals surface area contributed by atoms with E-state index in [0.717, 1.165) is 19.5 Å². The first-order chi connectivity index (χ1) is 7.86. The Labute approximate surface area is 106 Å².